The van der Waals surface area contributed by atoms with Crippen LogP contribution in [0.2, 0.25) is 0 Å². The number of aliphatic hydroxyl groups is 2. The molecule has 4 rings (SSSR count). The van der Waals surface area contributed by atoms with Gasteiger partial charge in [0.25, 0.3) is 0 Å². The number of alkyl halides is 1. The molecule has 6 nitrogen and oxygen atoms in total. The van der Waals surface area contributed by atoms with Crippen LogP contribution in [0.1, 0.15) is 53.4 Å². The van der Waals surface area contributed by atoms with Gasteiger partial charge in [0.1, 0.15) is 5.60 Å². The summed E-state index contributed by atoms with van der Waals surface area (Å²) in [7, 11) is 0. The quantitative estimate of drug-likeness (QED) is 0.662. The van der Waals surface area contributed by atoms with Gasteiger partial charge in [0, 0.05) is 23.7 Å². The van der Waals surface area contributed by atoms with Gasteiger partial charge in [0.05, 0.1) is 6.10 Å². The normalized spacial score (nSPS) is 48.4. The number of hydrogen-bond acceptors (Lipinski definition) is 6. The van der Waals surface area contributed by atoms with Gasteiger partial charge in [-0.2, -0.15) is 0 Å². The van der Waals surface area contributed by atoms with Crippen molar-refractivity contribution in [2.45, 2.75) is 70.8 Å². The van der Waals surface area contributed by atoms with Gasteiger partial charge in [-0.05, 0) is 56.6 Å². The molecule has 4 aliphatic carbocycles. The maximum absolute atomic E-state index is 17.0. The lowest BCUT2D eigenvalue weighted by atomic mass is 9.44. The van der Waals surface area contributed by atoms with Gasteiger partial charge in [-0.3, -0.25) is 14.4 Å². The molecule has 7 heteroatoms. The van der Waals surface area contributed by atoms with Crippen molar-refractivity contribution >= 4 is 17.5 Å². The third-order valence-electron chi connectivity index (χ3n) is 9.05. The van der Waals surface area contributed by atoms with Crippen LogP contribution in [0, 0.1) is 28.6 Å². The van der Waals surface area contributed by atoms with Gasteiger partial charge in [-0.25, -0.2) is 4.39 Å². The maximum Gasteiger partial charge on any atom is 0.303 e. The van der Waals surface area contributed by atoms with Crippen LogP contribution >= 0.6 is 0 Å². The van der Waals surface area contributed by atoms with Gasteiger partial charge >= 0.3 is 5.97 Å². The fourth-order valence-electron chi connectivity index (χ4n) is 7.42. The van der Waals surface area contributed by atoms with Gasteiger partial charge in [-0.1, -0.05) is 25.5 Å². The number of esters is 1. The molecule has 8 atom stereocenters. The Bertz CT molecular complexity index is 910. The molecule has 0 spiro atoms. The Morgan fingerprint density at radius 3 is 2.61 bits per heavy atom. The Hall–Kier alpha value is -1.86. The minimum Gasteiger partial charge on any atom is -0.458 e. The number of rotatable bonds is 3. The molecule has 3 saturated carbocycles. The van der Waals surface area contributed by atoms with E-state index in [0.29, 0.717) is 24.8 Å². The van der Waals surface area contributed by atoms with E-state index in [1.165, 1.54) is 19.1 Å². The molecule has 0 radical (unpaired) electrons. The minimum atomic E-state index is -2.01. The Kier molecular flexibility index (Phi) is 4.91. The van der Waals surface area contributed by atoms with E-state index in [9.17, 15) is 24.6 Å². The predicted octanol–water partition coefficient (Wildman–Crippen LogP) is 2.47. The molecular formula is C24H31FO6. The highest BCUT2D eigenvalue weighted by Crippen LogP contribution is 2.70. The zero-order valence-electron chi connectivity index (χ0n) is 18.5. The van der Waals surface area contributed by atoms with Crippen LogP contribution < -0.4 is 0 Å². The number of fused-ring (bicyclic) bond motifs is 5. The lowest BCUT2D eigenvalue weighted by Crippen LogP contribution is -2.69. The standard InChI is InChI=1S/C24H31FO6/c1-13-9-18-17-6-5-15-10-16(27)7-8-21(15,3)23(17,25)19(28)11-22(18,4)24(13,30)20(29)12-31-14(2)26/h7-8,10,13,17-19,28,30H,5-6,9,11-12H2,1-4H3/t13-,17+,18+,19-,21+,22+,23-,24-/m1/s1. The highest BCUT2D eigenvalue weighted by Gasteiger charge is 2.75. The zero-order valence-corrected chi connectivity index (χ0v) is 18.5. The summed E-state index contributed by atoms with van der Waals surface area (Å²) in [6, 6.07) is 0. The van der Waals surface area contributed by atoms with E-state index in [1.807, 2.05) is 0 Å². The molecule has 0 saturated heterocycles. The number of aliphatic hydroxyl groups excluding tert-OH is 1. The van der Waals surface area contributed by atoms with Crippen LogP contribution in [-0.2, 0) is 19.1 Å². The number of Topliss-reactive ketones (excluding diaryl/α,β-unsaturated/α-hetero) is 1. The summed E-state index contributed by atoms with van der Waals surface area (Å²) in [5.41, 5.74) is -5.33. The van der Waals surface area contributed by atoms with E-state index < -0.39 is 58.4 Å². The van der Waals surface area contributed by atoms with Crippen LogP contribution in [0.4, 0.5) is 4.39 Å². The van der Waals surface area contributed by atoms with Gasteiger partial charge in [-0.15, -0.1) is 0 Å². The van der Waals surface area contributed by atoms with Crippen molar-refractivity contribution in [1.29, 1.82) is 0 Å². The number of hydrogen-bond donors (Lipinski definition) is 2. The van der Waals surface area contributed by atoms with E-state index in [0.717, 1.165) is 0 Å². The number of ketones is 2. The third kappa shape index (κ3) is 2.65. The first kappa shape index (κ1) is 22.3. The highest BCUT2D eigenvalue weighted by atomic mass is 19.1. The molecule has 2 N–H and O–H groups in total. The third-order valence-corrected chi connectivity index (χ3v) is 9.05. The second-order valence-corrected chi connectivity index (χ2v) is 10.4. The van der Waals surface area contributed by atoms with Gasteiger partial charge in [0.2, 0.25) is 5.78 Å². The highest BCUT2D eigenvalue weighted by molar-refractivity contribution is 6.01. The maximum atomic E-state index is 17.0. The van der Waals surface area contributed by atoms with E-state index in [1.54, 1.807) is 26.8 Å². The summed E-state index contributed by atoms with van der Waals surface area (Å²) < 4.78 is 21.9. The molecule has 4 aliphatic rings. The van der Waals surface area contributed by atoms with E-state index in [-0.39, 0.29) is 18.1 Å². The summed E-state index contributed by atoms with van der Waals surface area (Å²) in [6.45, 7) is 5.89. The second kappa shape index (κ2) is 6.82. The molecule has 0 aromatic carbocycles. The Morgan fingerprint density at radius 2 is 1.97 bits per heavy atom. The van der Waals surface area contributed by atoms with E-state index in [4.69, 9.17) is 4.74 Å². The number of allylic oxidation sites excluding steroid dienone is 4. The molecule has 0 aromatic heterocycles. The molecule has 31 heavy (non-hydrogen) atoms. The molecule has 0 unspecified atom stereocenters. The van der Waals surface area contributed by atoms with Gasteiger partial charge in [0.15, 0.2) is 18.1 Å². The van der Waals surface area contributed by atoms with Gasteiger partial charge < -0.3 is 14.9 Å². The van der Waals surface area contributed by atoms with Crippen molar-refractivity contribution in [3.63, 3.8) is 0 Å². The fraction of sp³-hybridized carbons (Fsp3) is 0.708. The topological polar surface area (TPSA) is 101 Å². The largest absolute Gasteiger partial charge is 0.458 e. The monoisotopic (exact) mass is 434 g/mol. The summed E-state index contributed by atoms with van der Waals surface area (Å²) in [4.78, 5) is 36.2. The first-order valence-electron chi connectivity index (χ1n) is 11.0. The zero-order chi connectivity index (χ0) is 23.0. The van der Waals surface area contributed by atoms with E-state index in [2.05, 4.69) is 0 Å². The van der Waals surface area contributed by atoms with Crippen LogP contribution in [-0.4, -0.2) is 51.7 Å². The van der Waals surface area contributed by atoms with Crippen LogP contribution in [0.25, 0.3) is 0 Å². The van der Waals surface area contributed by atoms with E-state index >= 15 is 4.39 Å². The smallest absolute Gasteiger partial charge is 0.303 e. The van der Waals surface area contributed by atoms with Crippen molar-refractivity contribution in [1.82, 2.24) is 0 Å². The summed E-state index contributed by atoms with van der Waals surface area (Å²) >= 11 is 0. The molecule has 170 valence electrons. The van der Waals surface area contributed by atoms with Crippen LogP contribution in [0.15, 0.2) is 23.8 Å². The summed E-state index contributed by atoms with van der Waals surface area (Å²) in [5.74, 6) is -2.80. The van der Waals surface area contributed by atoms with Crippen molar-refractivity contribution in [3.8, 4) is 0 Å². The van der Waals surface area contributed by atoms with Crippen molar-refractivity contribution < 1.29 is 33.7 Å². The number of halogens is 1. The molecule has 0 bridgehead atoms. The lowest BCUT2D eigenvalue weighted by molar-refractivity contribution is -0.219. The Balaban J connectivity index is 1.76. The molecule has 0 aliphatic heterocycles. The van der Waals surface area contributed by atoms with Crippen molar-refractivity contribution in [2.75, 3.05) is 6.61 Å². The average molecular weight is 435 g/mol. The lowest BCUT2D eigenvalue weighted by Gasteiger charge is -2.62. The average Bonchev–Trinajstić information content (AvgIpc) is 2.89. The van der Waals surface area contributed by atoms with Crippen LogP contribution in [0.5, 0.6) is 0 Å². The van der Waals surface area contributed by atoms with Crippen molar-refractivity contribution in [3.05, 3.63) is 23.8 Å². The molecule has 3 fully saturated rings. The fourth-order valence-corrected chi connectivity index (χ4v) is 7.42. The minimum absolute atomic E-state index is 0.0953. The molecule has 0 amide bonds. The first-order chi connectivity index (χ1) is 14.3. The molecule has 0 aromatic rings. The molecule has 0 heterocycles. The SMILES string of the molecule is CC(=O)OCC(=O)[C@]1(O)[C@H](C)C[C@H]2[C@@H]3CCC4=CC(=O)C=C[C@]4(C)[C@]3(F)[C@H](O)C[C@@]21C. The Morgan fingerprint density at radius 1 is 1.29 bits per heavy atom. The van der Waals surface area contributed by atoms with Crippen LogP contribution in [0.3, 0.4) is 0 Å². The number of ether oxygens (including phenoxy) is 1. The number of carbonyl (C=O) groups excluding carboxylic acids is 3. The second-order valence-electron chi connectivity index (χ2n) is 10.4. The Labute approximate surface area is 181 Å². The predicted molar refractivity (Wildman–Crippen MR) is 109 cm³/mol. The number of carbonyl (C=O) groups is 3. The van der Waals surface area contributed by atoms with Crippen molar-refractivity contribution in [2.24, 2.45) is 28.6 Å². The summed E-state index contributed by atoms with van der Waals surface area (Å²) in [6.07, 6.45) is 4.29. The first-order valence-corrected chi connectivity index (χ1v) is 11.0. The molecular weight excluding hydrogens is 403 g/mol. The summed E-state index contributed by atoms with van der Waals surface area (Å²) in [5, 5.41) is 22.9.